The highest BCUT2D eigenvalue weighted by atomic mass is 32.2. The topological polar surface area (TPSA) is 106 Å². The fraction of sp³-hybridized carbons (Fsp3) is 0.500. The number of aryl methyl sites for hydroxylation is 1. The van der Waals surface area contributed by atoms with Gasteiger partial charge in [0.05, 0.1) is 6.61 Å². The summed E-state index contributed by atoms with van der Waals surface area (Å²) in [6, 6.07) is 0.987. The third-order valence-corrected chi connectivity index (χ3v) is 3.68. The van der Waals surface area contributed by atoms with E-state index in [1.807, 2.05) is 0 Å². The maximum atomic E-state index is 11.8. The van der Waals surface area contributed by atoms with Crippen LogP contribution in [-0.4, -0.2) is 39.3 Å². The summed E-state index contributed by atoms with van der Waals surface area (Å²) in [5, 5.41) is 8.71. The first-order valence-electron chi connectivity index (χ1n) is 5.29. The number of carboxylic acids is 1. The van der Waals surface area contributed by atoms with Crippen molar-refractivity contribution in [2.45, 2.75) is 18.7 Å². The molecule has 0 aliphatic carbocycles. The second-order valence-electron chi connectivity index (χ2n) is 3.43. The Morgan fingerprint density at radius 1 is 1.56 bits per heavy atom. The molecule has 0 saturated heterocycles. The molecule has 0 unspecified atom stereocenters. The number of carbonyl (C=O) groups is 1. The summed E-state index contributed by atoms with van der Waals surface area (Å²) < 4.78 is 35.8. The van der Waals surface area contributed by atoms with Crippen LogP contribution in [0.4, 0.5) is 0 Å². The first-order chi connectivity index (χ1) is 8.38. The van der Waals surface area contributed by atoms with E-state index in [4.69, 9.17) is 14.3 Å². The first kappa shape index (κ1) is 14.7. The predicted octanol–water partition coefficient (Wildman–Crippen LogP) is 0.601. The molecular formula is C10H15NO6S. The minimum atomic E-state index is -3.77. The molecule has 1 aromatic heterocycles. The van der Waals surface area contributed by atoms with Crippen LogP contribution < -0.4 is 4.72 Å². The molecule has 0 atom stereocenters. The van der Waals surface area contributed by atoms with Crippen LogP contribution >= 0.6 is 0 Å². The molecule has 0 spiro atoms. The zero-order chi connectivity index (χ0) is 13.8. The van der Waals surface area contributed by atoms with Crippen molar-refractivity contribution < 1.29 is 27.5 Å². The normalized spacial score (nSPS) is 11.7. The molecule has 0 bridgehead atoms. The minimum absolute atomic E-state index is 0.0382. The molecule has 0 amide bonds. The van der Waals surface area contributed by atoms with Gasteiger partial charge in [-0.15, -0.1) is 0 Å². The zero-order valence-electron chi connectivity index (χ0n) is 10.1. The van der Waals surface area contributed by atoms with Crippen LogP contribution in [0, 0.1) is 6.92 Å². The summed E-state index contributed by atoms with van der Waals surface area (Å²) in [4.78, 5) is 10.5. The second-order valence-corrected chi connectivity index (χ2v) is 5.17. The van der Waals surface area contributed by atoms with Gasteiger partial charge in [-0.05, 0) is 13.8 Å². The van der Waals surface area contributed by atoms with E-state index >= 15 is 0 Å². The summed E-state index contributed by atoms with van der Waals surface area (Å²) in [6.45, 7) is 4.05. The lowest BCUT2D eigenvalue weighted by molar-refractivity contribution is 0.0661. The molecule has 0 radical (unpaired) electrons. The Balaban J connectivity index is 2.81. The highest BCUT2D eigenvalue weighted by Gasteiger charge is 2.23. The number of ether oxygens (including phenoxy) is 1. The Morgan fingerprint density at radius 3 is 2.72 bits per heavy atom. The van der Waals surface area contributed by atoms with E-state index in [0.29, 0.717) is 6.61 Å². The van der Waals surface area contributed by atoms with Gasteiger partial charge in [-0.25, -0.2) is 17.9 Å². The van der Waals surface area contributed by atoms with Crippen molar-refractivity contribution in [2.24, 2.45) is 0 Å². The third kappa shape index (κ3) is 3.56. The maximum absolute atomic E-state index is 11.8. The van der Waals surface area contributed by atoms with Crippen LogP contribution in [0.15, 0.2) is 15.4 Å². The molecule has 0 saturated carbocycles. The minimum Gasteiger partial charge on any atom is -0.475 e. The average molecular weight is 277 g/mol. The van der Waals surface area contributed by atoms with Crippen molar-refractivity contribution in [2.75, 3.05) is 19.8 Å². The molecule has 0 fully saturated rings. The van der Waals surface area contributed by atoms with E-state index in [2.05, 4.69) is 4.72 Å². The van der Waals surface area contributed by atoms with E-state index in [0.717, 1.165) is 6.07 Å². The molecular weight excluding hydrogens is 262 g/mol. The molecule has 8 heteroatoms. The SMILES string of the molecule is CCOCCNS(=O)(=O)c1cc(C(=O)O)oc1C. The van der Waals surface area contributed by atoms with Crippen LogP contribution in [0.2, 0.25) is 0 Å². The molecule has 1 aromatic rings. The lowest BCUT2D eigenvalue weighted by atomic mass is 10.4. The summed E-state index contributed by atoms with van der Waals surface area (Å²) in [5.41, 5.74) is 0. The number of sulfonamides is 1. The number of aromatic carboxylic acids is 1. The van der Waals surface area contributed by atoms with Gasteiger partial charge in [-0.2, -0.15) is 0 Å². The standard InChI is InChI=1S/C10H15NO6S/c1-3-16-5-4-11-18(14,15)9-6-8(10(12)13)17-7(9)2/h6,11H,3-5H2,1-2H3,(H,12,13). The molecule has 0 aliphatic rings. The van der Waals surface area contributed by atoms with Crippen molar-refractivity contribution in [1.29, 1.82) is 0 Å². The van der Waals surface area contributed by atoms with Crippen LogP contribution in [-0.2, 0) is 14.8 Å². The number of hydrogen-bond acceptors (Lipinski definition) is 5. The number of nitrogens with one attached hydrogen (secondary N) is 1. The Labute approximate surface area is 105 Å². The summed E-state index contributed by atoms with van der Waals surface area (Å²) in [5.74, 6) is -1.68. The molecule has 18 heavy (non-hydrogen) atoms. The Hall–Kier alpha value is -1.38. The van der Waals surface area contributed by atoms with E-state index in [1.54, 1.807) is 6.92 Å². The van der Waals surface area contributed by atoms with Gasteiger partial charge in [0.15, 0.2) is 0 Å². The molecule has 7 nitrogen and oxygen atoms in total. The molecule has 0 aromatic carbocycles. The van der Waals surface area contributed by atoms with Gasteiger partial charge >= 0.3 is 5.97 Å². The van der Waals surface area contributed by atoms with Crippen LogP contribution in [0.25, 0.3) is 0 Å². The van der Waals surface area contributed by atoms with Crippen molar-refractivity contribution in [1.82, 2.24) is 4.72 Å². The first-order valence-corrected chi connectivity index (χ1v) is 6.78. The number of hydrogen-bond donors (Lipinski definition) is 2. The van der Waals surface area contributed by atoms with Gasteiger partial charge in [0.2, 0.25) is 15.8 Å². The smallest absolute Gasteiger partial charge is 0.371 e. The number of furan rings is 1. The highest BCUT2D eigenvalue weighted by Crippen LogP contribution is 2.19. The van der Waals surface area contributed by atoms with Gasteiger partial charge in [0.25, 0.3) is 0 Å². The van der Waals surface area contributed by atoms with Crippen molar-refractivity contribution >= 4 is 16.0 Å². The molecule has 102 valence electrons. The predicted molar refractivity (Wildman–Crippen MR) is 62.1 cm³/mol. The van der Waals surface area contributed by atoms with E-state index in [1.165, 1.54) is 6.92 Å². The van der Waals surface area contributed by atoms with Crippen LogP contribution in [0.1, 0.15) is 23.2 Å². The summed E-state index contributed by atoms with van der Waals surface area (Å²) in [6.07, 6.45) is 0. The summed E-state index contributed by atoms with van der Waals surface area (Å²) in [7, 11) is -3.77. The van der Waals surface area contributed by atoms with Crippen molar-refractivity contribution in [3.05, 3.63) is 17.6 Å². The van der Waals surface area contributed by atoms with Gasteiger partial charge in [-0.3, -0.25) is 0 Å². The third-order valence-electron chi connectivity index (χ3n) is 2.12. The fourth-order valence-corrected chi connectivity index (χ4v) is 2.50. The number of carboxylic acid groups (broad SMARTS) is 1. The second kappa shape index (κ2) is 5.98. The Kier molecular flexibility index (Phi) is 4.88. The van der Waals surface area contributed by atoms with E-state index in [-0.39, 0.29) is 23.8 Å². The molecule has 1 heterocycles. The maximum Gasteiger partial charge on any atom is 0.371 e. The zero-order valence-corrected chi connectivity index (χ0v) is 10.9. The monoisotopic (exact) mass is 277 g/mol. The highest BCUT2D eigenvalue weighted by molar-refractivity contribution is 7.89. The van der Waals surface area contributed by atoms with Gasteiger partial charge in [-0.1, -0.05) is 0 Å². The molecule has 0 aliphatic heterocycles. The van der Waals surface area contributed by atoms with Gasteiger partial charge < -0.3 is 14.3 Å². The Bertz CT molecular complexity index is 518. The Morgan fingerprint density at radius 2 is 2.22 bits per heavy atom. The van der Waals surface area contributed by atoms with Gasteiger partial charge in [0.1, 0.15) is 10.7 Å². The molecule has 1 rings (SSSR count). The average Bonchev–Trinajstić information content (AvgIpc) is 2.68. The number of rotatable bonds is 7. The fourth-order valence-electron chi connectivity index (χ4n) is 1.31. The largest absolute Gasteiger partial charge is 0.475 e. The molecule has 2 N–H and O–H groups in total. The lowest BCUT2D eigenvalue weighted by Crippen LogP contribution is -2.27. The van der Waals surface area contributed by atoms with Crippen LogP contribution in [0.3, 0.4) is 0 Å². The van der Waals surface area contributed by atoms with Crippen molar-refractivity contribution in [3.8, 4) is 0 Å². The van der Waals surface area contributed by atoms with E-state index in [9.17, 15) is 13.2 Å². The van der Waals surface area contributed by atoms with Crippen LogP contribution in [0.5, 0.6) is 0 Å². The summed E-state index contributed by atoms with van der Waals surface area (Å²) >= 11 is 0. The van der Waals surface area contributed by atoms with Crippen molar-refractivity contribution in [3.63, 3.8) is 0 Å². The quantitative estimate of drug-likeness (QED) is 0.707. The van der Waals surface area contributed by atoms with E-state index < -0.39 is 21.8 Å². The van der Waals surface area contributed by atoms with Gasteiger partial charge in [0, 0.05) is 19.2 Å². The lowest BCUT2D eigenvalue weighted by Gasteiger charge is -2.05.